The lowest BCUT2D eigenvalue weighted by Gasteiger charge is -2.27. The zero-order valence-electron chi connectivity index (χ0n) is 11.6. The van der Waals surface area contributed by atoms with Gasteiger partial charge in [-0.3, -0.25) is 14.7 Å². The number of carbonyl (C=O) groups is 1. The molecule has 0 spiro atoms. The van der Waals surface area contributed by atoms with Crippen molar-refractivity contribution in [2.24, 2.45) is 0 Å². The number of hydrogen-bond acceptors (Lipinski definition) is 4. The summed E-state index contributed by atoms with van der Waals surface area (Å²) in [6.07, 6.45) is 1.70. The molecule has 0 radical (unpaired) electrons. The third-order valence-corrected chi connectivity index (χ3v) is 3.17. The van der Waals surface area contributed by atoms with Crippen LogP contribution in [-0.2, 0) is 0 Å². The van der Waals surface area contributed by atoms with E-state index in [9.17, 15) is 4.79 Å². The van der Waals surface area contributed by atoms with Gasteiger partial charge in [-0.25, -0.2) is 0 Å². The maximum Gasteiger partial charge on any atom is 0.253 e. The highest BCUT2D eigenvalue weighted by Crippen LogP contribution is 2.02. The van der Waals surface area contributed by atoms with Crippen LogP contribution in [-0.4, -0.2) is 55.1 Å². The van der Waals surface area contributed by atoms with E-state index in [4.69, 9.17) is 0 Å². The Bertz CT molecular complexity index is 411. The van der Waals surface area contributed by atoms with E-state index in [1.54, 1.807) is 12.3 Å². The minimum Gasteiger partial charge on any atom is -0.351 e. The molecule has 0 unspecified atom stereocenters. The van der Waals surface area contributed by atoms with Gasteiger partial charge in [-0.2, -0.15) is 0 Å². The number of rotatable bonds is 4. The van der Waals surface area contributed by atoms with E-state index in [1.807, 2.05) is 13.0 Å². The quantitative estimate of drug-likeness (QED) is 0.864. The van der Waals surface area contributed by atoms with E-state index >= 15 is 0 Å². The zero-order valence-corrected chi connectivity index (χ0v) is 13.2. The van der Waals surface area contributed by atoms with E-state index in [0.717, 1.165) is 38.4 Å². The van der Waals surface area contributed by atoms with Crippen molar-refractivity contribution in [3.63, 3.8) is 0 Å². The summed E-state index contributed by atoms with van der Waals surface area (Å²) in [5.74, 6) is -0.0317. The molecule has 1 fully saturated rings. The maximum absolute atomic E-state index is 11.9. The topological polar surface area (TPSA) is 57.3 Å². The van der Waals surface area contributed by atoms with Crippen molar-refractivity contribution < 1.29 is 4.79 Å². The molecule has 2 N–H and O–H groups in total. The van der Waals surface area contributed by atoms with Gasteiger partial charge in [0.2, 0.25) is 0 Å². The average molecular weight is 321 g/mol. The molecule has 1 saturated heterocycles. The van der Waals surface area contributed by atoms with E-state index in [2.05, 4.69) is 20.5 Å². The van der Waals surface area contributed by atoms with E-state index in [0.29, 0.717) is 12.1 Å². The molecule has 1 aliphatic heterocycles. The number of piperazine rings is 1. The fourth-order valence-electron chi connectivity index (χ4n) is 2.08. The largest absolute Gasteiger partial charge is 0.351 e. The molecule has 0 atom stereocenters. The van der Waals surface area contributed by atoms with E-state index in [-0.39, 0.29) is 30.7 Å². The van der Waals surface area contributed by atoms with Gasteiger partial charge < -0.3 is 10.6 Å². The minimum atomic E-state index is -0.0317. The van der Waals surface area contributed by atoms with Gasteiger partial charge in [-0.15, -0.1) is 24.8 Å². The fraction of sp³-hybridized carbons (Fsp3) is 0.538. The van der Waals surface area contributed by atoms with Crippen LogP contribution in [0.5, 0.6) is 0 Å². The number of nitrogens with zero attached hydrogens (tertiary/aromatic N) is 2. The van der Waals surface area contributed by atoms with Crippen molar-refractivity contribution in [3.8, 4) is 0 Å². The molecule has 1 aliphatic rings. The predicted molar refractivity (Wildman–Crippen MR) is 85.1 cm³/mol. The van der Waals surface area contributed by atoms with Crippen LogP contribution in [0.15, 0.2) is 18.3 Å². The van der Waals surface area contributed by atoms with Crippen molar-refractivity contribution in [2.45, 2.75) is 6.92 Å². The zero-order chi connectivity index (χ0) is 12.8. The number of halogens is 2. The molecular formula is C13H22Cl2N4O. The van der Waals surface area contributed by atoms with Gasteiger partial charge in [-0.1, -0.05) is 0 Å². The van der Waals surface area contributed by atoms with Crippen molar-refractivity contribution in [1.29, 1.82) is 0 Å². The summed E-state index contributed by atoms with van der Waals surface area (Å²) in [6, 6.07) is 3.60. The first-order valence-corrected chi connectivity index (χ1v) is 6.40. The monoisotopic (exact) mass is 320 g/mol. The number of pyridine rings is 1. The molecule has 1 amide bonds. The number of aromatic nitrogens is 1. The van der Waals surface area contributed by atoms with Crippen LogP contribution in [0, 0.1) is 6.92 Å². The lowest BCUT2D eigenvalue weighted by Crippen LogP contribution is -2.46. The first-order chi connectivity index (χ1) is 8.77. The highest BCUT2D eigenvalue weighted by Gasteiger charge is 2.11. The fourth-order valence-corrected chi connectivity index (χ4v) is 2.08. The Labute approximate surface area is 132 Å². The first-order valence-electron chi connectivity index (χ1n) is 6.40. The maximum atomic E-state index is 11.9. The lowest BCUT2D eigenvalue weighted by atomic mass is 10.2. The normalized spacial score (nSPS) is 14.8. The standard InChI is InChI=1S/C13H20N4O.2ClH/c1-11-12(3-2-4-15-11)13(18)16-7-10-17-8-5-14-6-9-17;;/h2-4,14H,5-10H2,1H3,(H,16,18);2*1H. The summed E-state index contributed by atoms with van der Waals surface area (Å²) < 4.78 is 0. The van der Waals surface area contributed by atoms with Crippen molar-refractivity contribution in [2.75, 3.05) is 39.3 Å². The second kappa shape index (κ2) is 9.94. The molecular weight excluding hydrogens is 299 g/mol. The number of hydrogen-bond donors (Lipinski definition) is 2. The Kier molecular flexibility index (Phi) is 9.50. The average Bonchev–Trinajstić information content (AvgIpc) is 2.40. The Morgan fingerprint density at radius 3 is 2.75 bits per heavy atom. The van der Waals surface area contributed by atoms with E-state index < -0.39 is 0 Å². The smallest absolute Gasteiger partial charge is 0.253 e. The van der Waals surface area contributed by atoms with Crippen LogP contribution < -0.4 is 10.6 Å². The van der Waals surface area contributed by atoms with Crippen LogP contribution in [0.25, 0.3) is 0 Å². The summed E-state index contributed by atoms with van der Waals surface area (Å²) in [5.41, 5.74) is 1.44. The molecule has 114 valence electrons. The van der Waals surface area contributed by atoms with Crippen LogP contribution >= 0.6 is 24.8 Å². The van der Waals surface area contributed by atoms with Gasteiger partial charge in [0.05, 0.1) is 5.56 Å². The van der Waals surface area contributed by atoms with Gasteiger partial charge in [0, 0.05) is 51.2 Å². The Balaban J connectivity index is 0.00000180. The Morgan fingerprint density at radius 2 is 2.10 bits per heavy atom. The van der Waals surface area contributed by atoms with Gasteiger partial charge >= 0.3 is 0 Å². The number of nitrogens with one attached hydrogen (secondary N) is 2. The highest BCUT2D eigenvalue weighted by atomic mass is 35.5. The van der Waals surface area contributed by atoms with Gasteiger partial charge in [0.15, 0.2) is 0 Å². The molecule has 20 heavy (non-hydrogen) atoms. The number of aryl methyl sites for hydroxylation is 1. The molecule has 7 heteroatoms. The Morgan fingerprint density at radius 1 is 1.40 bits per heavy atom. The summed E-state index contributed by atoms with van der Waals surface area (Å²) in [7, 11) is 0. The minimum absolute atomic E-state index is 0. The Hall–Kier alpha value is -0.880. The van der Waals surface area contributed by atoms with Gasteiger partial charge in [0.25, 0.3) is 5.91 Å². The van der Waals surface area contributed by atoms with Crippen LogP contribution in [0.3, 0.4) is 0 Å². The van der Waals surface area contributed by atoms with E-state index in [1.165, 1.54) is 0 Å². The lowest BCUT2D eigenvalue weighted by molar-refractivity contribution is 0.0946. The number of amides is 1. The molecule has 0 aromatic carbocycles. The molecule has 0 saturated carbocycles. The predicted octanol–water partition coefficient (Wildman–Crippen LogP) is 0.869. The number of carbonyl (C=O) groups excluding carboxylic acids is 1. The van der Waals surface area contributed by atoms with Gasteiger partial charge in [-0.05, 0) is 19.1 Å². The molecule has 1 aromatic rings. The molecule has 2 rings (SSSR count). The molecule has 5 nitrogen and oxygen atoms in total. The SMILES string of the molecule is Cc1ncccc1C(=O)NCCN1CCNCC1.Cl.Cl. The first kappa shape index (κ1) is 19.1. The highest BCUT2D eigenvalue weighted by molar-refractivity contribution is 5.95. The summed E-state index contributed by atoms with van der Waals surface area (Å²) in [4.78, 5) is 18.4. The van der Waals surface area contributed by atoms with Crippen molar-refractivity contribution in [1.82, 2.24) is 20.5 Å². The summed E-state index contributed by atoms with van der Waals surface area (Å²) in [6.45, 7) is 7.64. The summed E-state index contributed by atoms with van der Waals surface area (Å²) in [5, 5.41) is 6.26. The van der Waals surface area contributed by atoms with Gasteiger partial charge in [0.1, 0.15) is 0 Å². The third kappa shape index (κ3) is 5.63. The second-order valence-corrected chi connectivity index (χ2v) is 4.48. The molecule has 2 heterocycles. The second-order valence-electron chi connectivity index (χ2n) is 4.48. The molecule has 0 bridgehead atoms. The third-order valence-electron chi connectivity index (χ3n) is 3.17. The molecule has 0 aliphatic carbocycles. The molecule has 1 aromatic heterocycles. The van der Waals surface area contributed by atoms with Crippen molar-refractivity contribution in [3.05, 3.63) is 29.6 Å². The summed E-state index contributed by atoms with van der Waals surface area (Å²) >= 11 is 0. The van der Waals surface area contributed by atoms with Crippen LogP contribution in [0.2, 0.25) is 0 Å². The van der Waals surface area contributed by atoms with Crippen LogP contribution in [0.4, 0.5) is 0 Å². The van der Waals surface area contributed by atoms with Crippen molar-refractivity contribution >= 4 is 30.7 Å². The van der Waals surface area contributed by atoms with Crippen LogP contribution in [0.1, 0.15) is 16.1 Å².